The smallest absolute Gasteiger partial charge is 0.410 e. The van der Waals surface area contributed by atoms with Crippen molar-refractivity contribution in [3.05, 3.63) is 60.2 Å². The van der Waals surface area contributed by atoms with E-state index in [0.29, 0.717) is 25.0 Å². The molecular weight excluding hydrogens is 584 g/mol. The first kappa shape index (κ1) is 35.8. The summed E-state index contributed by atoms with van der Waals surface area (Å²) in [5.74, 6) is -0.109. The summed E-state index contributed by atoms with van der Waals surface area (Å²) in [5.41, 5.74) is -0.641. The number of aliphatic hydroxyl groups is 2. The first-order valence-corrected chi connectivity index (χ1v) is 17.1. The van der Waals surface area contributed by atoms with Gasteiger partial charge in [0.2, 0.25) is 0 Å². The van der Waals surface area contributed by atoms with Crippen LogP contribution < -0.4 is 0 Å². The summed E-state index contributed by atoms with van der Waals surface area (Å²) in [7, 11) is 0. The number of nitrogens with zero attached hydrogens (tertiary/aromatic N) is 4. The van der Waals surface area contributed by atoms with Crippen LogP contribution in [-0.2, 0) is 14.3 Å². The van der Waals surface area contributed by atoms with Crippen molar-refractivity contribution in [3.8, 4) is 0 Å². The fourth-order valence-electron chi connectivity index (χ4n) is 6.63. The Morgan fingerprint density at radius 2 is 1.76 bits per heavy atom. The molecule has 10 nitrogen and oxygen atoms in total. The fourth-order valence-corrected chi connectivity index (χ4v) is 6.63. The van der Waals surface area contributed by atoms with Gasteiger partial charge in [-0.15, -0.1) is 0 Å². The fraction of sp³-hybridized carbons (Fsp3) is 0.667. The van der Waals surface area contributed by atoms with E-state index in [0.717, 1.165) is 18.7 Å². The van der Waals surface area contributed by atoms with Gasteiger partial charge in [-0.1, -0.05) is 63.8 Å². The van der Waals surface area contributed by atoms with Crippen LogP contribution >= 0.6 is 0 Å². The summed E-state index contributed by atoms with van der Waals surface area (Å²) >= 11 is 0. The van der Waals surface area contributed by atoms with Gasteiger partial charge < -0.3 is 24.6 Å². The van der Waals surface area contributed by atoms with Gasteiger partial charge in [0.1, 0.15) is 17.5 Å². The number of allylic oxidation sites excluding steroid dienone is 3. The van der Waals surface area contributed by atoms with Crippen molar-refractivity contribution in [1.82, 2.24) is 19.8 Å². The van der Waals surface area contributed by atoms with E-state index in [1.165, 1.54) is 38.5 Å². The molecule has 0 radical (unpaired) electrons. The maximum atomic E-state index is 13.4. The number of rotatable bonds is 6. The van der Waals surface area contributed by atoms with Crippen molar-refractivity contribution in [3.63, 3.8) is 0 Å². The van der Waals surface area contributed by atoms with E-state index in [1.807, 2.05) is 45.1 Å². The zero-order valence-electron chi connectivity index (χ0n) is 28.1. The molecular formula is C36H54N4O6. The summed E-state index contributed by atoms with van der Waals surface area (Å²) in [6.45, 7) is 10.3. The highest BCUT2D eigenvalue weighted by Crippen LogP contribution is 2.28. The average molecular weight is 639 g/mol. The molecule has 2 fully saturated rings. The molecule has 1 saturated carbocycles. The highest BCUT2D eigenvalue weighted by Gasteiger charge is 2.37. The van der Waals surface area contributed by atoms with Gasteiger partial charge in [-0.25, -0.2) is 14.8 Å². The van der Waals surface area contributed by atoms with Gasteiger partial charge in [-0.05, 0) is 57.2 Å². The Bertz CT molecular complexity index is 1200. The van der Waals surface area contributed by atoms with E-state index < -0.39 is 36.0 Å². The number of aliphatic hydroxyl groups excluding tert-OH is 1. The molecule has 4 rings (SSSR count). The number of aromatic nitrogens is 2. The molecule has 0 spiro atoms. The number of carbonyl (C=O) groups excluding carboxylic acids is 2. The molecule has 1 unspecified atom stereocenters. The minimum absolute atomic E-state index is 0.00552. The van der Waals surface area contributed by atoms with Crippen molar-refractivity contribution in [1.29, 1.82) is 0 Å². The topological polar surface area (TPSA) is 125 Å². The summed E-state index contributed by atoms with van der Waals surface area (Å²) in [6.07, 6.45) is 17.5. The Hall–Kier alpha value is -3.08. The first-order chi connectivity index (χ1) is 22.0. The van der Waals surface area contributed by atoms with Crippen LogP contribution in [0.1, 0.15) is 97.2 Å². The predicted molar refractivity (Wildman–Crippen MR) is 177 cm³/mol. The van der Waals surface area contributed by atoms with E-state index in [1.54, 1.807) is 36.4 Å². The number of hydrogen-bond donors (Lipinski definition) is 2. The molecule has 2 aliphatic heterocycles. The van der Waals surface area contributed by atoms with Gasteiger partial charge >= 0.3 is 12.1 Å². The lowest BCUT2D eigenvalue weighted by atomic mass is 9.88. The van der Waals surface area contributed by atoms with Gasteiger partial charge in [0, 0.05) is 56.5 Å². The van der Waals surface area contributed by atoms with Gasteiger partial charge in [0.05, 0.1) is 12.5 Å². The van der Waals surface area contributed by atoms with Crippen molar-refractivity contribution in [2.24, 2.45) is 5.92 Å². The molecule has 3 heterocycles. The normalized spacial score (nSPS) is 31.3. The lowest BCUT2D eigenvalue weighted by Gasteiger charge is -2.40. The Morgan fingerprint density at radius 1 is 1.09 bits per heavy atom. The molecule has 6 atom stereocenters. The third kappa shape index (κ3) is 10.5. The Balaban J connectivity index is 1.45. The zero-order chi connectivity index (χ0) is 33.1. The minimum Gasteiger partial charge on any atom is -0.457 e. The van der Waals surface area contributed by atoms with Crippen LogP contribution in [0.15, 0.2) is 54.4 Å². The largest absolute Gasteiger partial charge is 0.457 e. The second-order valence-corrected chi connectivity index (χ2v) is 13.6. The highest BCUT2D eigenvalue weighted by atomic mass is 16.6. The van der Waals surface area contributed by atoms with Crippen LogP contribution in [0, 0.1) is 5.92 Å². The molecule has 1 aliphatic carbocycles. The molecule has 10 heteroatoms. The van der Waals surface area contributed by atoms with Crippen molar-refractivity contribution in [2.75, 3.05) is 26.2 Å². The Kier molecular flexibility index (Phi) is 13.4. The van der Waals surface area contributed by atoms with Crippen LogP contribution in [0.5, 0.6) is 0 Å². The number of hydrogen-bond acceptors (Lipinski definition) is 9. The third-order valence-corrected chi connectivity index (χ3v) is 9.67. The zero-order valence-corrected chi connectivity index (χ0v) is 28.1. The second kappa shape index (κ2) is 17.2. The van der Waals surface area contributed by atoms with Crippen molar-refractivity contribution in [2.45, 2.75) is 121 Å². The molecule has 1 saturated heterocycles. The van der Waals surface area contributed by atoms with Crippen molar-refractivity contribution >= 4 is 12.1 Å². The molecule has 254 valence electrons. The van der Waals surface area contributed by atoms with Crippen LogP contribution in [0.25, 0.3) is 0 Å². The first-order valence-electron chi connectivity index (χ1n) is 17.1. The van der Waals surface area contributed by atoms with Gasteiger partial charge in [-0.2, -0.15) is 0 Å². The molecule has 1 amide bonds. The van der Waals surface area contributed by atoms with E-state index in [9.17, 15) is 19.8 Å². The van der Waals surface area contributed by atoms with Crippen LogP contribution in [0.3, 0.4) is 0 Å². The minimum atomic E-state index is -1.45. The number of carbonyl (C=O) groups is 2. The van der Waals surface area contributed by atoms with Gasteiger partial charge in [0.15, 0.2) is 6.10 Å². The average Bonchev–Trinajstić information content (AvgIpc) is 3.34. The van der Waals surface area contributed by atoms with E-state index in [4.69, 9.17) is 9.47 Å². The summed E-state index contributed by atoms with van der Waals surface area (Å²) in [4.78, 5) is 39.1. The van der Waals surface area contributed by atoms with E-state index in [2.05, 4.69) is 14.9 Å². The number of esters is 1. The Morgan fingerprint density at radius 3 is 2.43 bits per heavy atom. The van der Waals surface area contributed by atoms with Gasteiger partial charge in [0.25, 0.3) is 0 Å². The Labute approximate surface area is 274 Å². The van der Waals surface area contributed by atoms with E-state index in [-0.39, 0.29) is 31.1 Å². The maximum Gasteiger partial charge on any atom is 0.410 e. The molecule has 46 heavy (non-hydrogen) atoms. The van der Waals surface area contributed by atoms with Crippen molar-refractivity contribution < 1.29 is 29.3 Å². The lowest BCUT2D eigenvalue weighted by molar-refractivity contribution is -0.151. The second-order valence-electron chi connectivity index (χ2n) is 13.6. The van der Waals surface area contributed by atoms with Crippen LogP contribution in [-0.4, -0.2) is 98.2 Å². The summed E-state index contributed by atoms with van der Waals surface area (Å²) < 4.78 is 11.9. The summed E-state index contributed by atoms with van der Waals surface area (Å²) in [6, 6.07) is 2.37. The van der Waals surface area contributed by atoms with E-state index >= 15 is 0 Å². The quantitative estimate of drug-likeness (QED) is 0.184. The molecule has 0 bridgehead atoms. The standard InChI is InChI=1S/C36H54N4O6/c1-26(11-9-12-28(3)34-37-19-10-20-38-34)33-27(2)15-16-31(36(4,44)18-17-30(41)25-32(42)46-33)45-35(43)40-23-21-39(22-24-40)29-13-7-5-6-8-14-29/h9-12,15-16,19-20,27-31,33,41,44H,5-8,13-14,17-18,21-25H2,1-4H3/b12-9+,16-15+,26-11+/t27-,28?,30-,31-,33+,36-/m0/s1. The molecule has 1 aromatic rings. The molecule has 1 aromatic heterocycles. The number of amides is 1. The SMILES string of the molecule is C/C(=C\C=C\C(C)c1ncccn1)[C@H]1OC(=O)C[C@@H](O)CC[C@](C)(O)[C@@H](OC(=O)N2CCN(C3CCCCCC3)CC2)/C=C/[C@@H]1C. The molecule has 3 aliphatic rings. The van der Waals surface area contributed by atoms with Gasteiger partial charge in [-0.3, -0.25) is 9.69 Å². The summed E-state index contributed by atoms with van der Waals surface area (Å²) in [5, 5.41) is 22.1. The highest BCUT2D eigenvalue weighted by molar-refractivity contribution is 5.70. The maximum absolute atomic E-state index is 13.4. The number of ether oxygens (including phenoxy) is 2. The van der Waals surface area contributed by atoms with Crippen LogP contribution in [0.4, 0.5) is 4.79 Å². The monoisotopic (exact) mass is 638 g/mol. The number of cyclic esters (lactones) is 1. The predicted octanol–water partition coefficient (Wildman–Crippen LogP) is 5.33. The number of piperazine rings is 1. The molecule has 2 N–H and O–H groups in total. The third-order valence-electron chi connectivity index (χ3n) is 9.67. The van der Waals surface area contributed by atoms with Crippen LogP contribution in [0.2, 0.25) is 0 Å². The lowest BCUT2D eigenvalue weighted by Crippen LogP contribution is -2.53. The molecule has 0 aromatic carbocycles.